The van der Waals surface area contributed by atoms with Crippen molar-refractivity contribution in [2.75, 3.05) is 14.2 Å². The molecule has 0 radical (unpaired) electrons. The number of carbonyl (C=O) groups is 3. The van der Waals surface area contributed by atoms with Crippen molar-refractivity contribution in [3.8, 4) is 0 Å². The summed E-state index contributed by atoms with van der Waals surface area (Å²) in [4.78, 5) is 41.0. The zero-order chi connectivity index (χ0) is 18.5. The highest BCUT2D eigenvalue weighted by atomic mass is 32.1. The van der Waals surface area contributed by atoms with Gasteiger partial charge in [0.05, 0.1) is 12.0 Å². The minimum Gasteiger partial charge on any atom is -0.464 e. The predicted octanol–water partition coefficient (Wildman–Crippen LogP) is 0.666. The number of nitrogens with zero attached hydrogens (tertiary/aromatic N) is 1. The Hall–Kier alpha value is -2.51. The van der Waals surface area contributed by atoms with Gasteiger partial charge in [-0.3, -0.25) is 14.5 Å². The van der Waals surface area contributed by atoms with Crippen molar-refractivity contribution in [1.82, 2.24) is 4.90 Å². The third-order valence-corrected chi connectivity index (χ3v) is 6.51. The van der Waals surface area contributed by atoms with Crippen LogP contribution >= 0.6 is 11.3 Å². The van der Waals surface area contributed by atoms with Crippen LogP contribution in [0.25, 0.3) is 0 Å². The van der Waals surface area contributed by atoms with E-state index in [0.29, 0.717) is 5.56 Å². The Morgan fingerprint density at radius 2 is 1.88 bits per heavy atom. The van der Waals surface area contributed by atoms with Crippen molar-refractivity contribution >= 4 is 29.1 Å². The third kappa shape index (κ3) is 2.10. The molecule has 0 aliphatic carbocycles. The molecule has 1 aromatic carbocycles. The van der Waals surface area contributed by atoms with E-state index >= 15 is 0 Å². The van der Waals surface area contributed by atoms with Gasteiger partial charge < -0.3 is 10.1 Å². The van der Waals surface area contributed by atoms with E-state index in [9.17, 15) is 14.4 Å². The highest BCUT2D eigenvalue weighted by Gasteiger charge is 2.73. The smallest absolute Gasteiger partial charge is 0.373 e. The average molecular weight is 371 g/mol. The molecule has 2 saturated heterocycles. The van der Waals surface area contributed by atoms with Crippen LogP contribution in [0.1, 0.15) is 16.5 Å². The monoisotopic (exact) mass is 371 g/mol. The number of fused-ring (bicyclic) bond motifs is 1. The first kappa shape index (κ1) is 16.9. The molecule has 2 amide bonds. The molecule has 0 bridgehead atoms. The molecule has 2 aliphatic rings. The van der Waals surface area contributed by atoms with E-state index in [1.807, 2.05) is 53.2 Å². The van der Waals surface area contributed by atoms with Gasteiger partial charge in [0.1, 0.15) is 17.9 Å². The maximum atomic E-state index is 13.0. The number of likely N-dealkylation sites (tertiary alicyclic amines) is 1. The summed E-state index contributed by atoms with van der Waals surface area (Å²) in [6.07, 6.45) is 0. The molecule has 4 atom stereocenters. The fourth-order valence-corrected chi connectivity index (χ4v) is 5.22. The van der Waals surface area contributed by atoms with Crippen LogP contribution in [0, 0.1) is 11.8 Å². The summed E-state index contributed by atoms with van der Waals surface area (Å²) in [6.45, 7) is 0. The summed E-state index contributed by atoms with van der Waals surface area (Å²) in [5, 5.41) is 3.79. The Labute approximate surface area is 154 Å². The van der Waals surface area contributed by atoms with Crippen molar-refractivity contribution in [3.63, 3.8) is 0 Å². The number of thiophene rings is 1. The Morgan fingerprint density at radius 1 is 1.15 bits per heavy atom. The Kier molecular flexibility index (Phi) is 3.93. The maximum absolute atomic E-state index is 13.0. The van der Waals surface area contributed by atoms with Crippen molar-refractivity contribution in [1.29, 1.82) is 0 Å². The second-order valence-electron chi connectivity index (χ2n) is 6.67. The lowest BCUT2D eigenvalue weighted by atomic mass is 9.75. The van der Waals surface area contributed by atoms with Gasteiger partial charge in [0.2, 0.25) is 17.4 Å². The lowest BCUT2D eigenvalue weighted by Crippen LogP contribution is -2.96. The number of hydrogen-bond acceptors (Lipinski definition) is 5. The molecule has 4 rings (SSSR count). The Balaban J connectivity index is 1.95. The quantitative estimate of drug-likeness (QED) is 0.635. The summed E-state index contributed by atoms with van der Waals surface area (Å²) in [5.74, 6) is -2.46. The van der Waals surface area contributed by atoms with E-state index in [1.54, 1.807) is 0 Å². The highest BCUT2D eigenvalue weighted by molar-refractivity contribution is 7.10. The average Bonchev–Trinajstić information content (AvgIpc) is 3.36. The number of hydrogen-bond donors (Lipinski definition) is 1. The fraction of sp³-hybridized carbons (Fsp3) is 0.316. The van der Waals surface area contributed by atoms with Crippen LogP contribution < -0.4 is 5.32 Å². The maximum Gasteiger partial charge on any atom is 0.373 e. The van der Waals surface area contributed by atoms with Gasteiger partial charge in [0.25, 0.3) is 0 Å². The fourth-order valence-electron chi connectivity index (χ4n) is 4.38. The first-order valence-corrected chi connectivity index (χ1v) is 9.25. The lowest BCUT2D eigenvalue weighted by Gasteiger charge is -2.28. The molecular formula is C19H19N2O4S+. The second-order valence-corrected chi connectivity index (χ2v) is 7.65. The zero-order valence-electron chi connectivity index (χ0n) is 14.4. The molecule has 1 aromatic heterocycles. The number of carbonyl (C=O) groups excluding carboxylic acids is 3. The number of methoxy groups -OCH3 is 1. The lowest BCUT2D eigenvalue weighted by molar-refractivity contribution is -0.741. The molecule has 26 heavy (non-hydrogen) atoms. The molecule has 7 heteroatoms. The van der Waals surface area contributed by atoms with Gasteiger partial charge in [0, 0.05) is 12.6 Å². The van der Waals surface area contributed by atoms with Crippen LogP contribution in [0.15, 0.2) is 47.8 Å². The van der Waals surface area contributed by atoms with Crippen LogP contribution in [0.3, 0.4) is 0 Å². The second kappa shape index (κ2) is 6.03. The van der Waals surface area contributed by atoms with E-state index in [1.165, 1.54) is 25.5 Å². The number of nitrogens with two attached hydrogens (primary N) is 1. The first-order chi connectivity index (χ1) is 12.5. The molecular weight excluding hydrogens is 352 g/mol. The number of quaternary nitrogens is 1. The minimum atomic E-state index is -1.27. The van der Waals surface area contributed by atoms with E-state index in [2.05, 4.69) is 0 Å². The topological polar surface area (TPSA) is 80.3 Å². The molecule has 0 spiro atoms. The van der Waals surface area contributed by atoms with E-state index in [-0.39, 0.29) is 17.9 Å². The molecule has 0 unspecified atom stereocenters. The molecule has 2 fully saturated rings. The molecule has 2 aliphatic heterocycles. The highest BCUT2D eigenvalue weighted by Crippen LogP contribution is 2.48. The van der Waals surface area contributed by atoms with Gasteiger partial charge in [-0.2, -0.15) is 0 Å². The van der Waals surface area contributed by atoms with Crippen molar-refractivity contribution in [3.05, 3.63) is 58.3 Å². The summed E-state index contributed by atoms with van der Waals surface area (Å²) in [7, 11) is 2.81. The molecule has 134 valence electrons. The summed E-state index contributed by atoms with van der Waals surface area (Å²) < 4.78 is 5.14. The Bertz CT molecular complexity index is 867. The number of benzene rings is 1. The number of amides is 2. The standard InChI is InChI=1S/C19H18N2O4S/c1-21-16(22)13-14(17(21)23)19(18(24)25-2,11-7-4-3-5-8-11)20-15(13)12-9-6-10-26-12/h3-10,13-15,20H,1-2H3/p+1/t13-,14-,15+,19+/m0/s1. The normalized spacial score (nSPS) is 30.5. The van der Waals surface area contributed by atoms with Gasteiger partial charge in [0.15, 0.2) is 0 Å². The van der Waals surface area contributed by atoms with Gasteiger partial charge in [-0.15, -0.1) is 11.3 Å². The van der Waals surface area contributed by atoms with E-state index in [0.717, 1.165) is 9.78 Å². The summed E-state index contributed by atoms with van der Waals surface area (Å²) in [6, 6.07) is 12.7. The largest absolute Gasteiger partial charge is 0.464 e. The van der Waals surface area contributed by atoms with Crippen LogP contribution in [-0.2, 0) is 24.7 Å². The van der Waals surface area contributed by atoms with Crippen molar-refractivity contribution < 1.29 is 24.4 Å². The van der Waals surface area contributed by atoms with Crippen molar-refractivity contribution in [2.45, 2.75) is 11.6 Å². The number of imide groups is 1. The number of ether oxygens (including phenoxy) is 1. The minimum absolute atomic E-state index is 0.239. The van der Waals surface area contributed by atoms with Crippen LogP contribution in [0.2, 0.25) is 0 Å². The first-order valence-electron chi connectivity index (χ1n) is 8.37. The van der Waals surface area contributed by atoms with Crippen LogP contribution in [0.4, 0.5) is 0 Å². The SMILES string of the molecule is COC(=O)[C@]1(c2ccccc2)[NH2+][C@H](c2cccs2)[C@H]2C(=O)N(C)C(=O)[C@H]21. The summed E-state index contributed by atoms with van der Waals surface area (Å²) in [5.41, 5.74) is -0.593. The number of esters is 1. The third-order valence-electron chi connectivity index (χ3n) is 5.54. The zero-order valence-corrected chi connectivity index (χ0v) is 15.2. The van der Waals surface area contributed by atoms with Gasteiger partial charge >= 0.3 is 5.97 Å². The summed E-state index contributed by atoms with van der Waals surface area (Å²) >= 11 is 1.52. The molecule has 2 N–H and O–H groups in total. The van der Waals surface area contributed by atoms with Gasteiger partial charge in [-0.25, -0.2) is 4.79 Å². The van der Waals surface area contributed by atoms with Crippen LogP contribution in [-0.4, -0.2) is 36.8 Å². The van der Waals surface area contributed by atoms with Crippen LogP contribution in [0.5, 0.6) is 0 Å². The molecule has 3 heterocycles. The van der Waals surface area contributed by atoms with Crippen molar-refractivity contribution in [2.24, 2.45) is 11.8 Å². The number of rotatable bonds is 3. The van der Waals surface area contributed by atoms with Gasteiger partial charge in [-0.1, -0.05) is 36.4 Å². The molecule has 0 saturated carbocycles. The molecule has 6 nitrogen and oxygen atoms in total. The van der Waals surface area contributed by atoms with E-state index < -0.39 is 23.3 Å². The Morgan fingerprint density at radius 3 is 2.50 bits per heavy atom. The van der Waals surface area contributed by atoms with Gasteiger partial charge in [-0.05, 0) is 11.4 Å². The predicted molar refractivity (Wildman–Crippen MR) is 93.9 cm³/mol. The van der Waals surface area contributed by atoms with E-state index in [4.69, 9.17) is 4.74 Å². The molecule has 2 aromatic rings.